The molecule has 2 aromatic heterocycles. The molecule has 0 saturated heterocycles. The first-order chi connectivity index (χ1) is 13.0. The molecule has 0 radical (unpaired) electrons. The first-order valence-electron chi connectivity index (χ1n) is 8.38. The second kappa shape index (κ2) is 6.81. The molecular formula is C19H17N5O2S. The minimum Gasteiger partial charge on any atom is -0.318 e. The molecule has 0 aliphatic heterocycles. The van der Waals surface area contributed by atoms with Crippen LogP contribution in [0.5, 0.6) is 0 Å². The number of aromatic nitrogens is 3. The fraction of sp³-hybridized carbons (Fsp3) is 0.158. The third-order valence-electron chi connectivity index (χ3n) is 4.34. The van der Waals surface area contributed by atoms with Crippen LogP contribution in [0.2, 0.25) is 0 Å². The van der Waals surface area contributed by atoms with Crippen molar-refractivity contribution in [3.8, 4) is 0 Å². The number of carbonyl (C=O) groups excluding carboxylic acids is 1. The predicted molar refractivity (Wildman–Crippen MR) is 105 cm³/mol. The molecule has 2 heterocycles. The number of carbonyl (C=O) groups is 1. The van der Waals surface area contributed by atoms with Gasteiger partial charge in [-0.25, -0.2) is 10.1 Å². The third kappa shape index (κ3) is 3.15. The van der Waals surface area contributed by atoms with E-state index in [0.29, 0.717) is 15.9 Å². The van der Waals surface area contributed by atoms with E-state index in [1.54, 1.807) is 12.1 Å². The Morgan fingerprint density at radius 2 is 1.85 bits per heavy atom. The number of hydrogen-bond acceptors (Lipinski definition) is 5. The van der Waals surface area contributed by atoms with Crippen molar-refractivity contribution < 1.29 is 4.79 Å². The van der Waals surface area contributed by atoms with E-state index in [9.17, 15) is 9.59 Å². The van der Waals surface area contributed by atoms with Gasteiger partial charge in [-0.1, -0.05) is 41.7 Å². The summed E-state index contributed by atoms with van der Waals surface area (Å²) >= 11 is 1.48. The smallest absolute Gasteiger partial charge is 0.275 e. The van der Waals surface area contributed by atoms with Gasteiger partial charge in [-0.05, 0) is 25.1 Å². The highest BCUT2D eigenvalue weighted by molar-refractivity contribution is 7.16. The van der Waals surface area contributed by atoms with Crippen molar-refractivity contribution in [2.45, 2.75) is 13.5 Å². The number of amides is 1. The Bertz CT molecular complexity index is 1300. The van der Waals surface area contributed by atoms with E-state index in [0.717, 1.165) is 15.6 Å². The third-order valence-corrected chi connectivity index (χ3v) is 5.45. The van der Waals surface area contributed by atoms with Crippen molar-refractivity contribution in [3.63, 3.8) is 0 Å². The zero-order valence-electron chi connectivity index (χ0n) is 14.8. The lowest BCUT2D eigenvalue weighted by Gasteiger charge is -2.07. The molecule has 4 aromatic rings. The van der Waals surface area contributed by atoms with Crippen LogP contribution in [0.25, 0.3) is 21.0 Å². The first kappa shape index (κ1) is 17.2. The Morgan fingerprint density at radius 3 is 2.63 bits per heavy atom. The standard InChI is InChI=1S/C19H17N5O2S/c1-12-13-7-3-4-8-14(13)18(26)24(22-12)11-17(25)20-21-19-23(2)15-9-5-6-10-16(15)27-19/h3-10H,11H2,1-2H3,(H,20,25)/b21-19+. The molecule has 7 nitrogen and oxygen atoms in total. The topological polar surface area (TPSA) is 81.3 Å². The van der Waals surface area contributed by atoms with Crippen LogP contribution in [0.1, 0.15) is 5.69 Å². The average Bonchev–Trinajstić information content (AvgIpc) is 3.00. The van der Waals surface area contributed by atoms with E-state index in [-0.39, 0.29) is 12.1 Å². The SMILES string of the molecule is Cc1nn(CC(=O)N/N=c2/sc3ccccc3n2C)c(=O)c2ccccc12. The summed E-state index contributed by atoms with van der Waals surface area (Å²) in [4.78, 5) is 25.5. The van der Waals surface area contributed by atoms with Gasteiger partial charge in [0.2, 0.25) is 4.80 Å². The molecule has 1 N–H and O–H groups in total. The highest BCUT2D eigenvalue weighted by Gasteiger charge is 2.10. The Hall–Kier alpha value is -3.26. The second-order valence-corrected chi connectivity index (χ2v) is 7.16. The van der Waals surface area contributed by atoms with Gasteiger partial charge in [0, 0.05) is 12.4 Å². The molecule has 0 bridgehead atoms. The Morgan fingerprint density at radius 1 is 1.15 bits per heavy atom. The van der Waals surface area contributed by atoms with Crippen molar-refractivity contribution >= 4 is 38.2 Å². The molecule has 4 rings (SSSR count). The van der Waals surface area contributed by atoms with Crippen LogP contribution in [0.4, 0.5) is 0 Å². The van der Waals surface area contributed by atoms with Gasteiger partial charge < -0.3 is 4.57 Å². The maximum absolute atomic E-state index is 12.5. The van der Waals surface area contributed by atoms with Crippen molar-refractivity contribution in [2.24, 2.45) is 12.1 Å². The summed E-state index contributed by atoms with van der Waals surface area (Å²) in [5, 5.41) is 9.78. The van der Waals surface area contributed by atoms with Crippen molar-refractivity contribution in [3.05, 3.63) is 69.4 Å². The first-order valence-corrected chi connectivity index (χ1v) is 9.20. The number of nitrogens with one attached hydrogen (secondary N) is 1. The Balaban J connectivity index is 1.61. The fourth-order valence-electron chi connectivity index (χ4n) is 2.98. The summed E-state index contributed by atoms with van der Waals surface area (Å²) in [5.74, 6) is -0.406. The number of aryl methyl sites for hydroxylation is 2. The highest BCUT2D eigenvalue weighted by Crippen LogP contribution is 2.15. The zero-order chi connectivity index (χ0) is 19.0. The lowest BCUT2D eigenvalue weighted by molar-refractivity contribution is -0.122. The number of fused-ring (bicyclic) bond motifs is 2. The van der Waals surface area contributed by atoms with E-state index < -0.39 is 5.91 Å². The van der Waals surface area contributed by atoms with Gasteiger partial charge in [-0.2, -0.15) is 5.10 Å². The number of nitrogens with zero attached hydrogens (tertiary/aromatic N) is 4. The van der Waals surface area contributed by atoms with Gasteiger partial charge in [-0.15, -0.1) is 5.10 Å². The zero-order valence-corrected chi connectivity index (χ0v) is 15.7. The number of rotatable bonds is 3. The molecule has 0 saturated carbocycles. The predicted octanol–water partition coefficient (Wildman–Crippen LogP) is 1.89. The van der Waals surface area contributed by atoms with Crippen LogP contribution in [0.15, 0.2) is 58.4 Å². The average molecular weight is 379 g/mol. The van der Waals surface area contributed by atoms with Crippen LogP contribution in [0, 0.1) is 6.92 Å². The Labute approximate surface area is 158 Å². The van der Waals surface area contributed by atoms with Crippen molar-refractivity contribution in [1.29, 1.82) is 0 Å². The van der Waals surface area contributed by atoms with Gasteiger partial charge in [-0.3, -0.25) is 9.59 Å². The van der Waals surface area contributed by atoms with E-state index >= 15 is 0 Å². The molecule has 0 atom stereocenters. The van der Waals surface area contributed by atoms with Gasteiger partial charge >= 0.3 is 0 Å². The van der Waals surface area contributed by atoms with Crippen LogP contribution >= 0.6 is 11.3 Å². The summed E-state index contributed by atoms with van der Waals surface area (Å²) < 4.78 is 4.16. The summed E-state index contributed by atoms with van der Waals surface area (Å²) in [5.41, 5.74) is 3.97. The van der Waals surface area contributed by atoms with Gasteiger partial charge in [0.15, 0.2) is 0 Å². The van der Waals surface area contributed by atoms with Crippen LogP contribution < -0.4 is 15.8 Å². The van der Waals surface area contributed by atoms with E-state index in [2.05, 4.69) is 15.6 Å². The maximum atomic E-state index is 12.5. The van der Waals surface area contributed by atoms with Crippen molar-refractivity contribution in [2.75, 3.05) is 0 Å². The molecule has 8 heteroatoms. The summed E-state index contributed by atoms with van der Waals surface area (Å²) in [6.45, 7) is 1.63. The fourth-order valence-corrected chi connectivity index (χ4v) is 3.96. The molecule has 0 spiro atoms. The highest BCUT2D eigenvalue weighted by atomic mass is 32.1. The number of hydrogen-bond donors (Lipinski definition) is 1. The minimum atomic E-state index is -0.406. The largest absolute Gasteiger partial charge is 0.318 e. The van der Waals surface area contributed by atoms with E-state index in [1.807, 2.05) is 54.9 Å². The normalized spacial score (nSPS) is 12.0. The molecule has 0 aliphatic rings. The van der Waals surface area contributed by atoms with Crippen LogP contribution in [-0.2, 0) is 18.4 Å². The quantitative estimate of drug-likeness (QED) is 0.552. The molecule has 27 heavy (non-hydrogen) atoms. The lowest BCUT2D eigenvalue weighted by atomic mass is 10.1. The van der Waals surface area contributed by atoms with E-state index in [4.69, 9.17) is 0 Å². The molecule has 1 amide bonds. The molecule has 0 fully saturated rings. The second-order valence-electron chi connectivity index (χ2n) is 6.15. The van der Waals surface area contributed by atoms with Gasteiger partial charge in [0.05, 0.1) is 21.3 Å². The number of thiazole rings is 1. The number of para-hydroxylation sites is 1. The minimum absolute atomic E-state index is 0.192. The molecule has 2 aromatic carbocycles. The van der Waals surface area contributed by atoms with Gasteiger partial charge in [0.1, 0.15) is 6.54 Å². The molecular weight excluding hydrogens is 362 g/mol. The Kier molecular flexibility index (Phi) is 4.33. The summed E-state index contributed by atoms with van der Waals surface area (Å²) in [6.07, 6.45) is 0. The molecule has 136 valence electrons. The van der Waals surface area contributed by atoms with Crippen LogP contribution in [-0.4, -0.2) is 20.3 Å². The monoisotopic (exact) mass is 379 g/mol. The van der Waals surface area contributed by atoms with Crippen molar-refractivity contribution in [1.82, 2.24) is 19.8 Å². The molecule has 0 unspecified atom stereocenters. The van der Waals surface area contributed by atoms with E-state index in [1.165, 1.54) is 16.0 Å². The molecule has 0 aliphatic carbocycles. The number of benzene rings is 2. The summed E-state index contributed by atoms with van der Waals surface area (Å²) in [6, 6.07) is 15.2. The van der Waals surface area contributed by atoms with Gasteiger partial charge in [0.25, 0.3) is 11.5 Å². The maximum Gasteiger partial charge on any atom is 0.275 e. The lowest BCUT2D eigenvalue weighted by Crippen LogP contribution is -2.33. The van der Waals surface area contributed by atoms with Crippen LogP contribution in [0.3, 0.4) is 0 Å². The summed E-state index contributed by atoms with van der Waals surface area (Å²) in [7, 11) is 1.89.